The molecule has 1 aromatic carbocycles. The first-order valence-corrected chi connectivity index (χ1v) is 4.75. The monoisotopic (exact) mass is 247 g/mol. The van der Waals surface area contributed by atoms with E-state index in [2.05, 4.69) is 15.9 Å². The van der Waals surface area contributed by atoms with E-state index < -0.39 is 11.6 Å². The first-order chi connectivity index (χ1) is 6.16. The Labute approximate surface area is 83.4 Å². The highest BCUT2D eigenvalue weighted by Gasteiger charge is 2.08. The van der Waals surface area contributed by atoms with E-state index in [1.54, 1.807) is 6.08 Å². The molecule has 0 fully saturated rings. The molecule has 0 saturated heterocycles. The first kappa shape index (κ1) is 10.2. The zero-order valence-electron chi connectivity index (χ0n) is 6.73. The van der Waals surface area contributed by atoms with Crippen molar-refractivity contribution in [3.8, 4) is 0 Å². The quantitative estimate of drug-likeness (QED) is 0.632. The average Bonchev–Trinajstić information content (AvgIpc) is 2.13. The fourth-order valence-electron chi connectivity index (χ4n) is 0.880. The Morgan fingerprint density at radius 2 is 2.00 bits per heavy atom. The maximum atomic E-state index is 13.1. The van der Waals surface area contributed by atoms with E-state index in [4.69, 9.17) is 5.73 Å². The van der Waals surface area contributed by atoms with Crippen LogP contribution in [0.5, 0.6) is 0 Å². The fraction of sp³-hybridized carbons (Fsp3) is 0.111. The number of rotatable bonds is 2. The van der Waals surface area contributed by atoms with Gasteiger partial charge >= 0.3 is 0 Å². The molecular weight excluding hydrogens is 240 g/mol. The van der Waals surface area contributed by atoms with Crippen molar-refractivity contribution in [2.45, 2.75) is 0 Å². The van der Waals surface area contributed by atoms with Gasteiger partial charge < -0.3 is 5.73 Å². The van der Waals surface area contributed by atoms with Crippen molar-refractivity contribution in [1.82, 2.24) is 0 Å². The van der Waals surface area contributed by atoms with Crippen LogP contribution in [-0.2, 0) is 0 Å². The molecule has 1 rings (SSSR count). The van der Waals surface area contributed by atoms with Crippen molar-refractivity contribution in [3.05, 3.63) is 35.4 Å². The topological polar surface area (TPSA) is 26.0 Å². The van der Waals surface area contributed by atoms with E-state index in [0.717, 1.165) is 0 Å². The van der Waals surface area contributed by atoms with E-state index in [0.29, 0.717) is 5.33 Å². The summed E-state index contributed by atoms with van der Waals surface area (Å²) in [6, 6.07) is 2.78. The molecule has 4 heteroatoms. The Balaban J connectivity index is 3.11. The second-order valence-electron chi connectivity index (χ2n) is 2.43. The second-order valence-corrected chi connectivity index (χ2v) is 3.08. The minimum atomic E-state index is -0.989. The minimum Gasteiger partial charge on any atom is -0.396 e. The lowest BCUT2D eigenvalue weighted by atomic mass is 10.1. The van der Waals surface area contributed by atoms with Crippen molar-refractivity contribution in [2.24, 2.45) is 0 Å². The molecular formula is C9H8BrF2N. The number of hydrogen-bond donors (Lipinski definition) is 1. The number of nitrogens with two attached hydrogens (primary N) is 1. The molecule has 0 aliphatic rings. The van der Waals surface area contributed by atoms with Crippen LogP contribution in [0.1, 0.15) is 5.56 Å². The summed E-state index contributed by atoms with van der Waals surface area (Å²) in [6.45, 7) is 0. The van der Waals surface area contributed by atoms with Gasteiger partial charge in [0.2, 0.25) is 0 Å². The molecule has 0 spiro atoms. The Kier molecular flexibility index (Phi) is 3.42. The molecule has 1 aromatic rings. The lowest BCUT2D eigenvalue weighted by Gasteiger charge is -2.00. The standard InChI is InChI=1S/C9H8BrF2N/c10-5-1-2-6-3-4-7(13)9(12)8(6)11/h1-4H,5,13H2. The summed E-state index contributed by atoms with van der Waals surface area (Å²) in [4.78, 5) is 0. The van der Waals surface area contributed by atoms with Gasteiger partial charge in [-0.3, -0.25) is 0 Å². The molecule has 0 aliphatic heterocycles. The molecule has 0 heterocycles. The summed E-state index contributed by atoms with van der Waals surface area (Å²) < 4.78 is 25.9. The summed E-state index contributed by atoms with van der Waals surface area (Å²) in [5.74, 6) is -1.89. The zero-order chi connectivity index (χ0) is 9.84. The first-order valence-electron chi connectivity index (χ1n) is 3.62. The number of hydrogen-bond acceptors (Lipinski definition) is 1. The van der Waals surface area contributed by atoms with Crippen LogP contribution in [0.2, 0.25) is 0 Å². The van der Waals surface area contributed by atoms with Crippen molar-refractivity contribution in [1.29, 1.82) is 0 Å². The fourth-order valence-corrected chi connectivity index (χ4v) is 1.07. The molecule has 0 atom stereocenters. The van der Waals surface area contributed by atoms with Crippen molar-refractivity contribution in [2.75, 3.05) is 11.1 Å². The molecule has 0 unspecified atom stereocenters. The third kappa shape index (κ3) is 2.28. The predicted octanol–water partition coefficient (Wildman–Crippen LogP) is 2.96. The van der Waals surface area contributed by atoms with Crippen LogP contribution in [0.4, 0.5) is 14.5 Å². The number of nitrogen functional groups attached to an aromatic ring is 1. The highest BCUT2D eigenvalue weighted by atomic mass is 79.9. The van der Waals surface area contributed by atoms with Crippen LogP contribution >= 0.6 is 15.9 Å². The highest BCUT2D eigenvalue weighted by molar-refractivity contribution is 9.09. The van der Waals surface area contributed by atoms with Gasteiger partial charge in [0.25, 0.3) is 0 Å². The molecule has 0 aliphatic carbocycles. The van der Waals surface area contributed by atoms with Crippen LogP contribution < -0.4 is 5.73 Å². The van der Waals surface area contributed by atoms with E-state index in [9.17, 15) is 8.78 Å². The van der Waals surface area contributed by atoms with Gasteiger partial charge in [0.15, 0.2) is 11.6 Å². The molecule has 0 saturated carbocycles. The highest BCUT2D eigenvalue weighted by Crippen LogP contribution is 2.18. The number of alkyl halides is 1. The smallest absolute Gasteiger partial charge is 0.182 e. The lowest BCUT2D eigenvalue weighted by molar-refractivity contribution is 0.510. The van der Waals surface area contributed by atoms with Crippen LogP contribution in [0.25, 0.3) is 6.08 Å². The van der Waals surface area contributed by atoms with Crippen molar-refractivity contribution < 1.29 is 8.78 Å². The van der Waals surface area contributed by atoms with Gasteiger partial charge in [-0.05, 0) is 12.1 Å². The SMILES string of the molecule is Nc1ccc(C=CCBr)c(F)c1F. The van der Waals surface area contributed by atoms with Gasteiger partial charge in [-0.2, -0.15) is 0 Å². The molecule has 0 bridgehead atoms. The summed E-state index contributed by atoms with van der Waals surface area (Å²) in [7, 11) is 0. The summed E-state index contributed by atoms with van der Waals surface area (Å²) >= 11 is 3.14. The molecule has 13 heavy (non-hydrogen) atoms. The molecule has 1 nitrogen and oxygen atoms in total. The molecule has 2 N–H and O–H groups in total. The van der Waals surface area contributed by atoms with Crippen molar-refractivity contribution in [3.63, 3.8) is 0 Å². The average molecular weight is 248 g/mol. The third-order valence-electron chi connectivity index (χ3n) is 1.53. The van der Waals surface area contributed by atoms with Crippen molar-refractivity contribution >= 4 is 27.7 Å². The molecule has 0 amide bonds. The van der Waals surface area contributed by atoms with Gasteiger partial charge in [0.05, 0.1) is 5.69 Å². The minimum absolute atomic E-state index is 0.173. The number of halogens is 3. The molecule has 0 radical (unpaired) electrons. The summed E-state index contributed by atoms with van der Waals surface area (Å²) in [6.07, 6.45) is 3.17. The Morgan fingerprint density at radius 1 is 1.31 bits per heavy atom. The van der Waals surface area contributed by atoms with Gasteiger partial charge in [-0.25, -0.2) is 8.78 Å². The third-order valence-corrected chi connectivity index (χ3v) is 1.90. The van der Waals surface area contributed by atoms with Crippen LogP contribution in [0, 0.1) is 11.6 Å². The van der Waals surface area contributed by atoms with E-state index in [-0.39, 0.29) is 11.3 Å². The Morgan fingerprint density at radius 3 is 2.62 bits per heavy atom. The van der Waals surface area contributed by atoms with Crippen LogP contribution in [0.15, 0.2) is 18.2 Å². The number of allylic oxidation sites excluding steroid dienone is 1. The van der Waals surface area contributed by atoms with Gasteiger partial charge in [0, 0.05) is 10.9 Å². The van der Waals surface area contributed by atoms with Crippen LogP contribution in [-0.4, -0.2) is 5.33 Å². The maximum Gasteiger partial charge on any atom is 0.182 e. The Hall–Kier alpha value is -0.900. The molecule has 70 valence electrons. The largest absolute Gasteiger partial charge is 0.396 e. The normalized spacial score (nSPS) is 11.0. The zero-order valence-corrected chi connectivity index (χ0v) is 8.31. The summed E-state index contributed by atoms with van der Waals surface area (Å²) in [5.41, 5.74) is 5.20. The number of benzene rings is 1. The summed E-state index contributed by atoms with van der Waals surface area (Å²) in [5, 5.41) is 0.596. The second kappa shape index (κ2) is 4.37. The van der Waals surface area contributed by atoms with Gasteiger partial charge in [-0.15, -0.1) is 0 Å². The lowest BCUT2D eigenvalue weighted by Crippen LogP contribution is -1.96. The number of anilines is 1. The van der Waals surface area contributed by atoms with E-state index in [1.807, 2.05) is 0 Å². The van der Waals surface area contributed by atoms with Gasteiger partial charge in [-0.1, -0.05) is 28.1 Å². The van der Waals surface area contributed by atoms with Crippen LogP contribution in [0.3, 0.4) is 0 Å². The predicted molar refractivity (Wildman–Crippen MR) is 53.6 cm³/mol. The van der Waals surface area contributed by atoms with E-state index >= 15 is 0 Å². The molecule has 0 aromatic heterocycles. The van der Waals surface area contributed by atoms with E-state index in [1.165, 1.54) is 18.2 Å². The maximum absolute atomic E-state index is 13.1. The Bertz CT molecular complexity index is 337. The van der Waals surface area contributed by atoms with Gasteiger partial charge in [0.1, 0.15) is 0 Å².